The number of Topliss-reactive ketones (excluding diaryl/α,β-unsaturated/α-hetero) is 1. The van der Waals surface area contributed by atoms with Crippen LogP contribution in [0.2, 0.25) is 0 Å². The molecule has 6 heteroatoms. The fraction of sp³-hybridized carbons (Fsp3) is 0.462. The van der Waals surface area contributed by atoms with Gasteiger partial charge in [-0.25, -0.2) is 0 Å². The lowest BCUT2D eigenvalue weighted by atomic mass is 9.85. The van der Waals surface area contributed by atoms with Gasteiger partial charge in [-0.05, 0) is 18.2 Å². The quantitative estimate of drug-likeness (QED) is 0.615. The maximum absolute atomic E-state index is 12.8. The molecule has 0 spiro atoms. The van der Waals surface area contributed by atoms with E-state index in [-0.39, 0.29) is 17.2 Å². The van der Waals surface area contributed by atoms with Gasteiger partial charge in [0.2, 0.25) is 0 Å². The standard InChI is InChI=1S/C13H14ClF3O2/c1-12(2,7-14)11(18)8-4-5-10(19-3)9(6-8)13(15,16)17/h4-6H,7H2,1-3H3. The molecule has 0 saturated carbocycles. The fourth-order valence-electron chi connectivity index (χ4n) is 1.52. The van der Waals surface area contributed by atoms with E-state index in [1.165, 1.54) is 6.07 Å². The van der Waals surface area contributed by atoms with Crippen LogP contribution in [0, 0.1) is 5.41 Å². The maximum Gasteiger partial charge on any atom is 0.419 e. The highest BCUT2D eigenvalue weighted by Crippen LogP contribution is 2.37. The van der Waals surface area contributed by atoms with E-state index in [2.05, 4.69) is 4.74 Å². The minimum Gasteiger partial charge on any atom is -0.496 e. The van der Waals surface area contributed by atoms with Gasteiger partial charge < -0.3 is 4.74 Å². The van der Waals surface area contributed by atoms with E-state index in [4.69, 9.17) is 11.6 Å². The van der Waals surface area contributed by atoms with Crippen LogP contribution in [0.5, 0.6) is 5.75 Å². The van der Waals surface area contributed by atoms with Gasteiger partial charge in [0.1, 0.15) is 5.75 Å². The van der Waals surface area contributed by atoms with Crippen LogP contribution >= 0.6 is 11.6 Å². The van der Waals surface area contributed by atoms with E-state index < -0.39 is 22.9 Å². The summed E-state index contributed by atoms with van der Waals surface area (Å²) < 4.78 is 43.2. The Hall–Kier alpha value is -1.23. The third-order valence-corrected chi connectivity index (χ3v) is 3.38. The molecule has 0 aliphatic carbocycles. The van der Waals surface area contributed by atoms with Crippen molar-refractivity contribution in [1.82, 2.24) is 0 Å². The highest BCUT2D eigenvalue weighted by atomic mass is 35.5. The summed E-state index contributed by atoms with van der Waals surface area (Å²) in [6, 6.07) is 3.25. The molecule has 0 aromatic heterocycles. The number of hydrogen-bond acceptors (Lipinski definition) is 2. The minimum absolute atomic E-state index is 0.0270. The SMILES string of the molecule is COc1ccc(C(=O)C(C)(C)CCl)cc1C(F)(F)F. The molecule has 0 fully saturated rings. The number of methoxy groups -OCH3 is 1. The Morgan fingerprint density at radius 1 is 1.32 bits per heavy atom. The minimum atomic E-state index is -4.58. The largest absolute Gasteiger partial charge is 0.496 e. The molecule has 0 N–H and O–H groups in total. The Labute approximate surface area is 114 Å². The van der Waals surface area contributed by atoms with Gasteiger partial charge in [-0.3, -0.25) is 4.79 Å². The van der Waals surface area contributed by atoms with Gasteiger partial charge in [-0.2, -0.15) is 13.2 Å². The van der Waals surface area contributed by atoms with E-state index in [9.17, 15) is 18.0 Å². The number of ether oxygens (including phenoxy) is 1. The second kappa shape index (κ2) is 5.41. The van der Waals surface area contributed by atoms with Gasteiger partial charge in [0.05, 0.1) is 12.7 Å². The lowest BCUT2D eigenvalue weighted by Crippen LogP contribution is -2.26. The number of ketones is 1. The highest BCUT2D eigenvalue weighted by molar-refractivity contribution is 6.21. The molecule has 2 nitrogen and oxygen atoms in total. The lowest BCUT2D eigenvalue weighted by Gasteiger charge is -2.21. The number of halogens is 4. The molecule has 106 valence electrons. The Morgan fingerprint density at radius 2 is 1.89 bits per heavy atom. The van der Waals surface area contributed by atoms with Gasteiger partial charge in [0.15, 0.2) is 5.78 Å². The molecule has 0 atom stereocenters. The van der Waals surface area contributed by atoms with Crippen molar-refractivity contribution in [3.05, 3.63) is 29.3 Å². The zero-order valence-electron chi connectivity index (χ0n) is 10.8. The van der Waals surface area contributed by atoms with Crippen molar-refractivity contribution >= 4 is 17.4 Å². The molecule has 0 heterocycles. The summed E-state index contributed by atoms with van der Waals surface area (Å²) in [5.41, 5.74) is -1.91. The average molecular weight is 295 g/mol. The normalized spacial score (nSPS) is 12.4. The van der Waals surface area contributed by atoms with Crippen molar-refractivity contribution in [3.63, 3.8) is 0 Å². The summed E-state index contributed by atoms with van der Waals surface area (Å²) in [7, 11) is 1.15. The molecule has 0 unspecified atom stereocenters. The van der Waals surface area contributed by atoms with Crippen molar-refractivity contribution in [3.8, 4) is 5.75 Å². The number of alkyl halides is 4. The fourth-order valence-corrected chi connectivity index (χ4v) is 1.64. The first-order chi connectivity index (χ1) is 8.63. The number of carbonyl (C=O) groups is 1. The van der Waals surface area contributed by atoms with Crippen molar-refractivity contribution in [2.75, 3.05) is 13.0 Å². The van der Waals surface area contributed by atoms with E-state index in [0.29, 0.717) is 0 Å². The molecule has 0 aliphatic rings. The zero-order chi connectivity index (χ0) is 14.8. The lowest BCUT2D eigenvalue weighted by molar-refractivity contribution is -0.138. The van der Waals surface area contributed by atoms with Gasteiger partial charge in [-0.15, -0.1) is 11.6 Å². The number of hydrogen-bond donors (Lipinski definition) is 0. The molecular formula is C13H14ClF3O2. The maximum atomic E-state index is 12.8. The van der Waals surface area contributed by atoms with Crippen molar-refractivity contribution in [2.24, 2.45) is 5.41 Å². The predicted molar refractivity (Wildman–Crippen MR) is 66.8 cm³/mol. The van der Waals surface area contributed by atoms with Crippen LogP contribution < -0.4 is 4.74 Å². The van der Waals surface area contributed by atoms with Crippen molar-refractivity contribution in [1.29, 1.82) is 0 Å². The summed E-state index contributed by atoms with van der Waals surface area (Å²) in [6.45, 7) is 3.17. The molecule has 1 aromatic carbocycles. The monoisotopic (exact) mass is 294 g/mol. The van der Waals surface area contributed by atoms with Crippen LogP contribution in [0.1, 0.15) is 29.8 Å². The van der Waals surface area contributed by atoms with Crippen LogP contribution in [0.25, 0.3) is 0 Å². The van der Waals surface area contributed by atoms with Gasteiger partial charge >= 0.3 is 6.18 Å². The molecule has 0 saturated heterocycles. The third-order valence-electron chi connectivity index (χ3n) is 2.72. The average Bonchev–Trinajstić information content (AvgIpc) is 2.36. The number of benzene rings is 1. The van der Waals surface area contributed by atoms with Crippen LogP contribution in [-0.4, -0.2) is 18.8 Å². The Morgan fingerprint density at radius 3 is 2.32 bits per heavy atom. The number of carbonyl (C=O) groups excluding carboxylic acids is 1. The summed E-state index contributed by atoms with van der Waals surface area (Å²) in [4.78, 5) is 12.1. The van der Waals surface area contributed by atoms with Gasteiger partial charge in [0.25, 0.3) is 0 Å². The first-order valence-electron chi connectivity index (χ1n) is 5.49. The second-order valence-corrected chi connectivity index (χ2v) is 5.03. The molecule has 1 aromatic rings. The molecule has 0 radical (unpaired) electrons. The van der Waals surface area contributed by atoms with E-state index >= 15 is 0 Å². The summed E-state index contributed by atoms with van der Waals surface area (Å²) in [6.07, 6.45) is -4.58. The number of rotatable bonds is 4. The van der Waals surface area contributed by atoms with Crippen LogP contribution in [0.15, 0.2) is 18.2 Å². The van der Waals surface area contributed by atoms with E-state index in [1.54, 1.807) is 13.8 Å². The zero-order valence-corrected chi connectivity index (χ0v) is 11.5. The molecule has 19 heavy (non-hydrogen) atoms. The first kappa shape index (κ1) is 15.8. The molecular weight excluding hydrogens is 281 g/mol. The van der Waals surface area contributed by atoms with Crippen LogP contribution in [-0.2, 0) is 6.18 Å². The summed E-state index contributed by atoms with van der Waals surface area (Å²) in [5.74, 6) is -0.720. The third kappa shape index (κ3) is 3.41. The first-order valence-corrected chi connectivity index (χ1v) is 6.03. The molecule has 0 aliphatic heterocycles. The Bertz CT molecular complexity index is 481. The molecule has 0 amide bonds. The van der Waals surface area contributed by atoms with E-state index in [1.807, 2.05) is 0 Å². The van der Waals surface area contributed by atoms with Crippen molar-refractivity contribution in [2.45, 2.75) is 20.0 Å². The van der Waals surface area contributed by atoms with Crippen LogP contribution in [0.3, 0.4) is 0 Å². The molecule has 1 rings (SSSR count). The van der Waals surface area contributed by atoms with Gasteiger partial charge in [-0.1, -0.05) is 13.8 Å². The van der Waals surface area contributed by atoms with Gasteiger partial charge in [0, 0.05) is 16.9 Å². The predicted octanol–water partition coefficient (Wildman–Crippen LogP) is 4.16. The van der Waals surface area contributed by atoms with E-state index in [0.717, 1.165) is 19.2 Å². The van der Waals surface area contributed by atoms with Crippen LogP contribution in [0.4, 0.5) is 13.2 Å². The topological polar surface area (TPSA) is 26.3 Å². The Kier molecular flexibility index (Phi) is 4.50. The van der Waals surface area contributed by atoms with Crippen molar-refractivity contribution < 1.29 is 22.7 Å². The Balaban J connectivity index is 3.31. The summed E-state index contributed by atoms with van der Waals surface area (Å²) >= 11 is 5.66. The highest BCUT2D eigenvalue weighted by Gasteiger charge is 2.36. The summed E-state index contributed by atoms with van der Waals surface area (Å²) in [5, 5.41) is 0. The smallest absolute Gasteiger partial charge is 0.419 e. The second-order valence-electron chi connectivity index (χ2n) is 4.76. The molecule has 0 bridgehead atoms.